The Balaban J connectivity index is 2.37. The van der Waals surface area contributed by atoms with E-state index < -0.39 is 0 Å². The second kappa shape index (κ2) is 3.69. The Morgan fingerprint density at radius 3 is 2.58 bits per heavy atom. The summed E-state index contributed by atoms with van der Waals surface area (Å²) >= 11 is 1.84. The smallest absolute Gasteiger partial charge is 0.223 e. The van der Waals surface area contributed by atoms with Gasteiger partial charge in [0.25, 0.3) is 0 Å². The summed E-state index contributed by atoms with van der Waals surface area (Å²) < 4.78 is 0. The number of carbonyl (C=O) groups is 1. The van der Waals surface area contributed by atoms with Crippen LogP contribution in [0.25, 0.3) is 0 Å². The number of hydrogen-bond donors (Lipinski definition) is 0. The van der Waals surface area contributed by atoms with Gasteiger partial charge in [0.1, 0.15) is 0 Å². The largest absolute Gasteiger partial charge is 0.333 e. The predicted octanol–water partition coefficient (Wildman–Crippen LogP) is 1.96. The Hall–Kier alpha value is -0.180. The Labute approximate surface area is 78.7 Å². The first kappa shape index (κ1) is 9.90. The molecule has 0 atom stereocenters. The van der Waals surface area contributed by atoms with E-state index in [1.165, 1.54) is 0 Å². The molecule has 1 aliphatic rings. The first-order valence-corrected chi connectivity index (χ1v) is 5.50. The highest BCUT2D eigenvalue weighted by molar-refractivity contribution is 7.99. The van der Waals surface area contributed by atoms with Gasteiger partial charge in [-0.15, -0.1) is 11.8 Å². The van der Waals surface area contributed by atoms with Crippen LogP contribution in [0.1, 0.15) is 27.2 Å². The number of hydrogen-bond acceptors (Lipinski definition) is 2. The zero-order chi connectivity index (χ0) is 9.19. The molecule has 1 aliphatic heterocycles. The summed E-state index contributed by atoms with van der Waals surface area (Å²) in [5, 5.41) is 0. The lowest BCUT2D eigenvalue weighted by atomic mass is 9.92. The van der Waals surface area contributed by atoms with Gasteiger partial charge in [-0.1, -0.05) is 20.8 Å². The van der Waals surface area contributed by atoms with E-state index in [0.717, 1.165) is 18.2 Å². The number of thioether (sulfide) groups is 1. The monoisotopic (exact) mass is 187 g/mol. The Morgan fingerprint density at radius 1 is 1.50 bits per heavy atom. The molecule has 0 N–H and O–H groups in total. The van der Waals surface area contributed by atoms with Crippen LogP contribution >= 0.6 is 11.8 Å². The van der Waals surface area contributed by atoms with Gasteiger partial charge >= 0.3 is 0 Å². The van der Waals surface area contributed by atoms with Crippen LogP contribution in [0.4, 0.5) is 0 Å². The highest BCUT2D eigenvalue weighted by atomic mass is 32.2. The predicted molar refractivity (Wildman–Crippen MR) is 53.1 cm³/mol. The van der Waals surface area contributed by atoms with E-state index in [0.29, 0.717) is 12.3 Å². The molecule has 1 heterocycles. The molecule has 1 amide bonds. The topological polar surface area (TPSA) is 20.3 Å². The van der Waals surface area contributed by atoms with E-state index in [4.69, 9.17) is 0 Å². The number of amides is 1. The van der Waals surface area contributed by atoms with Gasteiger partial charge in [0.15, 0.2) is 0 Å². The average molecular weight is 187 g/mol. The maximum Gasteiger partial charge on any atom is 0.223 e. The minimum Gasteiger partial charge on any atom is -0.333 e. The first-order chi connectivity index (χ1) is 5.49. The summed E-state index contributed by atoms with van der Waals surface area (Å²) in [6.45, 7) is 7.26. The summed E-state index contributed by atoms with van der Waals surface area (Å²) in [5.41, 5.74) is 0.129. The molecule has 12 heavy (non-hydrogen) atoms. The molecule has 0 spiro atoms. The van der Waals surface area contributed by atoms with Crippen LogP contribution in [0.3, 0.4) is 0 Å². The quantitative estimate of drug-likeness (QED) is 0.625. The highest BCUT2D eigenvalue weighted by Crippen LogP contribution is 2.22. The van der Waals surface area contributed by atoms with Crippen molar-refractivity contribution in [2.75, 3.05) is 18.2 Å². The fourth-order valence-electron chi connectivity index (χ4n) is 1.18. The third kappa shape index (κ3) is 3.05. The van der Waals surface area contributed by atoms with Crippen molar-refractivity contribution in [1.82, 2.24) is 4.90 Å². The molecule has 0 radical (unpaired) electrons. The van der Waals surface area contributed by atoms with Crippen molar-refractivity contribution < 1.29 is 4.79 Å². The second-order valence-electron chi connectivity index (χ2n) is 4.43. The van der Waals surface area contributed by atoms with Crippen LogP contribution in [0, 0.1) is 5.41 Å². The third-order valence-corrected chi connectivity index (χ3v) is 2.75. The molecular weight excluding hydrogens is 170 g/mol. The van der Waals surface area contributed by atoms with Crippen molar-refractivity contribution in [3.05, 3.63) is 0 Å². The van der Waals surface area contributed by atoms with Gasteiger partial charge in [-0.25, -0.2) is 0 Å². The van der Waals surface area contributed by atoms with Gasteiger partial charge in [-0.3, -0.25) is 4.79 Å². The molecule has 0 aromatic rings. The summed E-state index contributed by atoms with van der Waals surface area (Å²) in [7, 11) is 0. The van der Waals surface area contributed by atoms with Crippen molar-refractivity contribution in [2.45, 2.75) is 27.2 Å². The molecule has 0 bridgehead atoms. The number of nitrogens with zero attached hydrogens (tertiary/aromatic N) is 1. The SMILES string of the molecule is CC(C)(C)CC(=O)N1CCSC1. The highest BCUT2D eigenvalue weighted by Gasteiger charge is 2.23. The van der Waals surface area contributed by atoms with Gasteiger partial charge in [-0.05, 0) is 5.41 Å². The maximum atomic E-state index is 11.6. The van der Waals surface area contributed by atoms with E-state index in [-0.39, 0.29) is 5.41 Å². The molecule has 0 aromatic heterocycles. The van der Waals surface area contributed by atoms with E-state index in [2.05, 4.69) is 20.8 Å². The second-order valence-corrected chi connectivity index (χ2v) is 5.51. The fraction of sp³-hybridized carbons (Fsp3) is 0.889. The molecule has 1 rings (SSSR count). The van der Waals surface area contributed by atoms with E-state index >= 15 is 0 Å². The van der Waals surface area contributed by atoms with Crippen molar-refractivity contribution in [1.29, 1.82) is 0 Å². The summed E-state index contributed by atoms with van der Waals surface area (Å²) in [6.07, 6.45) is 0.674. The minimum atomic E-state index is 0.129. The standard InChI is InChI=1S/C9H17NOS/c1-9(2,3)6-8(11)10-4-5-12-7-10/h4-7H2,1-3H3. The van der Waals surface area contributed by atoms with Crippen molar-refractivity contribution >= 4 is 17.7 Å². The lowest BCUT2D eigenvalue weighted by Crippen LogP contribution is -2.30. The maximum absolute atomic E-state index is 11.6. The summed E-state index contributed by atoms with van der Waals surface area (Å²) in [4.78, 5) is 13.5. The van der Waals surface area contributed by atoms with E-state index in [1.807, 2.05) is 16.7 Å². The van der Waals surface area contributed by atoms with Gasteiger partial charge in [0.05, 0.1) is 5.88 Å². The van der Waals surface area contributed by atoms with Crippen molar-refractivity contribution in [3.63, 3.8) is 0 Å². The molecule has 0 aromatic carbocycles. The van der Waals surface area contributed by atoms with Crippen LogP contribution in [-0.4, -0.2) is 29.0 Å². The number of rotatable bonds is 1. The first-order valence-electron chi connectivity index (χ1n) is 4.34. The third-order valence-electron chi connectivity index (χ3n) is 1.79. The Morgan fingerprint density at radius 2 is 2.17 bits per heavy atom. The van der Waals surface area contributed by atoms with E-state index in [9.17, 15) is 4.79 Å². The molecule has 2 nitrogen and oxygen atoms in total. The zero-order valence-corrected chi connectivity index (χ0v) is 8.91. The number of carbonyl (C=O) groups excluding carboxylic acids is 1. The van der Waals surface area contributed by atoms with Crippen LogP contribution < -0.4 is 0 Å². The van der Waals surface area contributed by atoms with Gasteiger partial charge < -0.3 is 4.90 Å². The van der Waals surface area contributed by atoms with Crippen LogP contribution in [0.5, 0.6) is 0 Å². The molecule has 1 fully saturated rings. The lowest BCUT2D eigenvalue weighted by molar-refractivity contribution is -0.131. The molecule has 70 valence electrons. The summed E-state index contributed by atoms with van der Waals surface area (Å²) in [6, 6.07) is 0. The normalized spacial score (nSPS) is 18.4. The molecule has 3 heteroatoms. The minimum absolute atomic E-state index is 0.129. The van der Waals surface area contributed by atoms with Crippen LogP contribution in [0.2, 0.25) is 0 Å². The van der Waals surface area contributed by atoms with Crippen molar-refractivity contribution in [3.8, 4) is 0 Å². The van der Waals surface area contributed by atoms with Crippen LogP contribution in [0.15, 0.2) is 0 Å². The lowest BCUT2D eigenvalue weighted by Gasteiger charge is -2.21. The molecule has 0 saturated carbocycles. The molecule has 1 saturated heterocycles. The van der Waals surface area contributed by atoms with Crippen molar-refractivity contribution in [2.24, 2.45) is 5.41 Å². The van der Waals surface area contributed by atoms with Gasteiger partial charge in [-0.2, -0.15) is 0 Å². The summed E-state index contributed by atoms with van der Waals surface area (Å²) in [5.74, 6) is 2.32. The van der Waals surface area contributed by atoms with E-state index in [1.54, 1.807) is 0 Å². The average Bonchev–Trinajstić information content (AvgIpc) is 2.32. The molecular formula is C9H17NOS. The Bertz CT molecular complexity index is 168. The zero-order valence-electron chi connectivity index (χ0n) is 8.09. The molecule has 0 aliphatic carbocycles. The van der Waals surface area contributed by atoms with Gasteiger partial charge in [0, 0.05) is 18.7 Å². The van der Waals surface area contributed by atoms with Gasteiger partial charge in [0.2, 0.25) is 5.91 Å². The van der Waals surface area contributed by atoms with Crippen LogP contribution in [-0.2, 0) is 4.79 Å². The fourth-order valence-corrected chi connectivity index (χ4v) is 2.15. The molecule has 0 unspecified atom stereocenters. The Kier molecular flexibility index (Phi) is 3.04.